The second-order valence-electron chi connectivity index (χ2n) is 8.54. The number of aliphatic hydroxyl groups excluding tert-OH is 1. The molecule has 30 heavy (non-hydrogen) atoms. The molecule has 3 saturated heterocycles. The van der Waals surface area contributed by atoms with Gasteiger partial charge in [0.1, 0.15) is 5.75 Å². The minimum Gasteiger partial charge on any atom is -0.497 e. The topological polar surface area (TPSA) is 45.6 Å². The van der Waals surface area contributed by atoms with E-state index in [0.29, 0.717) is 11.8 Å². The first-order valence-corrected chi connectivity index (χ1v) is 10.8. The third kappa shape index (κ3) is 3.30. The lowest BCUT2D eigenvalue weighted by Crippen LogP contribution is -2.54. The predicted molar refractivity (Wildman–Crippen MR) is 120 cm³/mol. The van der Waals surface area contributed by atoms with Crippen LogP contribution in [0.25, 0.3) is 22.2 Å². The van der Waals surface area contributed by atoms with E-state index >= 15 is 0 Å². The third-order valence-corrected chi connectivity index (χ3v) is 6.95. The maximum Gasteiger partial charge on any atom is 0.119 e. The highest BCUT2D eigenvalue weighted by Crippen LogP contribution is 2.43. The number of nitrogens with zero attached hydrogens (tertiary/aromatic N) is 2. The number of aromatic nitrogens is 1. The lowest BCUT2D eigenvalue weighted by Gasteiger charge is -2.50. The molecule has 0 amide bonds. The molecule has 3 aromatic rings. The lowest BCUT2D eigenvalue weighted by atomic mass is 9.73. The highest BCUT2D eigenvalue weighted by atomic mass is 16.5. The Kier molecular flexibility index (Phi) is 5.05. The summed E-state index contributed by atoms with van der Waals surface area (Å²) in [6.07, 6.45) is 3.73. The number of ether oxygens (including phenoxy) is 1. The van der Waals surface area contributed by atoms with Gasteiger partial charge in [0.05, 0.1) is 24.4 Å². The fraction of sp³-hybridized carbons (Fsp3) is 0.346. The van der Waals surface area contributed by atoms with Crippen LogP contribution in [0.4, 0.5) is 0 Å². The van der Waals surface area contributed by atoms with Crippen molar-refractivity contribution in [2.75, 3.05) is 20.2 Å². The second kappa shape index (κ2) is 7.86. The molecule has 2 bridgehead atoms. The zero-order valence-electron chi connectivity index (χ0n) is 17.4. The molecular weight excluding hydrogens is 372 g/mol. The zero-order chi connectivity index (χ0) is 20.7. The van der Waals surface area contributed by atoms with E-state index in [9.17, 15) is 5.11 Å². The maximum atomic E-state index is 11.6. The number of pyridine rings is 1. The molecule has 0 radical (unpaired) electrons. The number of piperidine rings is 3. The Hall–Kier alpha value is -2.69. The quantitative estimate of drug-likeness (QED) is 0.623. The van der Waals surface area contributed by atoms with E-state index in [1.165, 1.54) is 6.42 Å². The molecular formula is C26H28N2O2. The van der Waals surface area contributed by atoms with Crippen LogP contribution in [0.3, 0.4) is 0 Å². The highest BCUT2D eigenvalue weighted by molar-refractivity contribution is 5.87. The first-order chi connectivity index (χ1) is 14.7. The average molecular weight is 401 g/mol. The summed E-state index contributed by atoms with van der Waals surface area (Å²) in [4.78, 5) is 7.34. The van der Waals surface area contributed by atoms with Gasteiger partial charge in [-0.25, -0.2) is 4.98 Å². The number of hydrogen-bond donors (Lipinski definition) is 1. The van der Waals surface area contributed by atoms with Gasteiger partial charge in [-0.3, -0.25) is 4.90 Å². The van der Waals surface area contributed by atoms with Crippen LogP contribution >= 0.6 is 0 Å². The van der Waals surface area contributed by atoms with Crippen LogP contribution in [0.5, 0.6) is 5.75 Å². The zero-order valence-corrected chi connectivity index (χ0v) is 17.4. The van der Waals surface area contributed by atoms with Gasteiger partial charge in [-0.05, 0) is 61.1 Å². The van der Waals surface area contributed by atoms with Gasteiger partial charge in [0.25, 0.3) is 0 Å². The third-order valence-electron chi connectivity index (χ3n) is 6.95. The second-order valence-corrected chi connectivity index (χ2v) is 8.54. The Labute approximate surface area is 177 Å². The normalized spacial score (nSPS) is 26.5. The molecule has 0 saturated carbocycles. The van der Waals surface area contributed by atoms with Gasteiger partial charge < -0.3 is 9.84 Å². The molecule has 4 nitrogen and oxygen atoms in total. The van der Waals surface area contributed by atoms with Gasteiger partial charge in [-0.1, -0.05) is 36.4 Å². The van der Waals surface area contributed by atoms with E-state index in [4.69, 9.17) is 9.72 Å². The van der Waals surface area contributed by atoms with Gasteiger partial charge in [-0.2, -0.15) is 0 Å². The fourth-order valence-electron chi connectivity index (χ4n) is 5.27. The van der Waals surface area contributed by atoms with Crippen LogP contribution in [-0.4, -0.2) is 41.2 Å². The average Bonchev–Trinajstić information content (AvgIpc) is 2.83. The Morgan fingerprint density at radius 3 is 2.73 bits per heavy atom. The molecule has 0 spiro atoms. The number of rotatable bonds is 5. The molecule has 4 heteroatoms. The number of methoxy groups -OCH3 is 1. The number of aliphatic hydroxyl groups is 1. The number of benzene rings is 2. The Morgan fingerprint density at radius 2 is 2.03 bits per heavy atom. The van der Waals surface area contributed by atoms with Gasteiger partial charge >= 0.3 is 0 Å². The fourth-order valence-corrected chi connectivity index (χ4v) is 5.27. The van der Waals surface area contributed by atoms with Gasteiger partial charge in [0.2, 0.25) is 0 Å². The summed E-state index contributed by atoms with van der Waals surface area (Å²) in [5.74, 6) is 1.93. The van der Waals surface area contributed by atoms with E-state index < -0.39 is 6.10 Å². The molecule has 154 valence electrons. The summed E-state index contributed by atoms with van der Waals surface area (Å²) in [6.45, 7) is 6.07. The molecule has 1 aromatic heterocycles. The Bertz CT molecular complexity index is 1070. The molecule has 2 aromatic carbocycles. The maximum absolute atomic E-state index is 11.6. The van der Waals surface area contributed by atoms with Crippen LogP contribution in [0, 0.1) is 11.8 Å². The predicted octanol–water partition coefficient (Wildman–Crippen LogP) is 4.84. The van der Waals surface area contributed by atoms with Gasteiger partial charge in [0, 0.05) is 23.5 Å². The number of fused-ring (bicyclic) bond motifs is 4. The van der Waals surface area contributed by atoms with E-state index in [0.717, 1.165) is 53.0 Å². The Morgan fingerprint density at radius 1 is 1.20 bits per heavy atom. The van der Waals surface area contributed by atoms with Crippen LogP contribution in [0.15, 0.2) is 67.3 Å². The van der Waals surface area contributed by atoms with Gasteiger partial charge in [0.15, 0.2) is 0 Å². The van der Waals surface area contributed by atoms with Crippen molar-refractivity contribution in [1.82, 2.24) is 9.88 Å². The molecule has 4 heterocycles. The van der Waals surface area contributed by atoms with Crippen molar-refractivity contribution in [1.29, 1.82) is 0 Å². The summed E-state index contributed by atoms with van der Waals surface area (Å²) in [6, 6.07) is 18.3. The van der Waals surface area contributed by atoms with E-state index in [1.54, 1.807) is 7.11 Å². The largest absolute Gasteiger partial charge is 0.497 e. The van der Waals surface area contributed by atoms with Gasteiger partial charge in [-0.15, -0.1) is 6.58 Å². The monoisotopic (exact) mass is 400 g/mol. The van der Waals surface area contributed by atoms with E-state index in [1.807, 2.05) is 36.4 Å². The molecule has 3 aliphatic rings. The summed E-state index contributed by atoms with van der Waals surface area (Å²) in [5.41, 5.74) is 3.76. The Balaban J connectivity index is 1.60. The summed E-state index contributed by atoms with van der Waals surface area (Å²) < 4.78 is 5.46. The van der Waals surface area contributed by atoms with Crippen molar-refractivity contribution < 1.29 is 9.84 Å². The van der Waals surface area contributed by atoms with Crippen molar-refractivity contribution in [3.8, 4) is 17.0 Å². The van der Waals surface area contributed by atoms with E-state index in [2.05, 4.69) is 35.8 Å². The first-order valence-electron chi connectivity index (χ1n) is 10.8. The standard InChI is InChI=1S/C26H28N2O2/c1-3-17-16-28-12-11-19(17)13-25(28)26(29)22-15-24(18-7-5-4-6-8-18)27-23-10-9-20(30-2)14-21(22)23/h3-10,14-15,17,19,25-26,29H,1,11-13,16H2,2H3/t17-,19-,25-,26+/m0/s1. The van der Waals surface area contributed by atoms with Crippen molar-refractivity contribution in [2.24, 2.45) is 11.8 Å². The molecule has 1 N–H and O–H groups in total. The number of hydrogen-bond acceptors (Lipinski definition) is 4. The molecule has 5 atom stereocenters. The highest BCUT2D eigenvalue weighted by Gasteiger charge is 2.42. The molecule has 1 unspecified atom stereocenters. The van der Waals surface area contributed by atoms with Crippen molar-refractivity contribution in [3.63, 3.8) is 0 Å². The van der Waals surface area contributed by atoms with Crippen molar-refractivity contribution >= 4 is 10.9 Å². The van der Waals surface area contributed by atoms with Crippen molar-refractivity contribution in [3.05, 3.63) is 72.8 Å². The van der Waals surface area contributed by atoms with Crippen LogP contribution in [0.1, 0.15) is 24.5 Å². The summed E-state index contributed by atoms with van der Waals surface area (Å²) >= 11 is 0. The smallest absolute Gasteiger partial charge is 0.119 e. The van der Waals surface area contributed by atoms with Crippen LogP contribution in [0.2, 0.25) is 0 Å². The lowest BCUT2D eigenvalue weighted by molar-refractivity contribution is -0.0444. The molecule has 3 fully saturated rings. The van der Waals surface area contributed by atoms with E-state index in [-0.39, 0.29) is 6.04 Å². The van der Waals surface area contributed by atoms with Crippen molar-refractivity contribution in [2.45, 2.75) is 25.0 Å². The minimum atomic E-state index is -0.571. The molecule has 3 aliphatic heterocycles. The summed E-state index contributed by atoms with van der Waals surface area (Å²) in [5, 5.41) is 12.6. The molecule has 0 aliphatic carbocycles. The first kappa shape index (κ1) is 19.3. The molecule has 6 rings (SSSR count). The van der Waals surface area contributed by atoms with Crippen LogP contribution in [-0.2, 0) is 0 Å². The summed E-state index contributed by atoms with van der Waals surface area (Å²) in [7, 11) is 1.67. The SMILES string of the molecule is C=C[C@H]1CN2CC[C@H]1C[C@H]2[C@H](O)c1cc(-c2ccccc2)nc2ccc(OC)cc12. The van der Waals surface area contributed by atoms with Crippen LogP contribution < -0.4 is 4.74 Å². The minimum absolute atomic E-state index is 0.125.